The number of morpholine rings is 1. The number of amides is 1. The van der Waals surface area contributed by atoms with E-state index in [1.165, 1.54) is 6.07 Å². The molecule has 0 radical (unpaired) electrons. The number of benzene rings is 3. The second-order valence-electron chi connectivity index (χ2n) is 8.25. The van der Waals surface area contributed by atoms with Gasteiger partial charge in [0.2, 0.25) is 5.91 Å². The first-order valence-corrected chi connectivity index (χ1v) is 10.5. The topological polar surface area (TPSA) is 55.6 Å². The van der Waals surface area contributed by atoms with Crippen molar-refractivity contribution in [3.63, 3.8) is 0 Å². The van der Waals surface area contributed by atoms with E-state index in [1.807, 2.05) is 54.3 Å². The Morgan fingerprint density at radius 1 is 1.12 bits per heavy atom. The summed E-state index contributed by atoms with van der Waals surface area (Å²) in [5.41, 5.74) is 5.49. The second-order valence-corrected chi connectivity index (χ2v) is 8.25. The Balaban J connectivity index is 1.76. The summed E-state index contributed by atoms with van der Waals surface area (Å²) in [4.78, 5) is 14.9. The van der Waals surface area contributed by atoms with Crippen LogP contribution in [0.4, 0.5) is 13.2 Å². The molecule has 4 rings (SSSR count). The molecule has 1 unspecified atom stereocenters. The van der Waals surface area contributed by atoms with Crippen molar-refractivity contribution in [2.45, 2.75) is 31.1 Å². The van der Waals surface area contributed by atoms with Gasteiger partial charge in [-0.1, -0.05) is 67.6 Å². The Bertz CT molecular complexity index is 1130. The summed E-state index contributed by atoms with van der Waals surface area (Å²) in [6.45, 7) is 2.92. The second kappa shape index (κ2) is 8.56. The maximum Gasteiger partial charge on any atom is 0.416 e. The van der Waals surface area contributed by atoms with Gasteiger partial charge in [0.05, 0.1) is 18.8 Å². The van der Waals surface area contributed by atoms with Gasteiger partial charge in [0.1, 0.15) is 5.54 Å². The van der Waals surface area contributed by atoms with Crippen molar-refractivity contribution in [3.8, 4) is 0 Å². The largest absolute Gasteiger partial charge is 0.416 e. The number of hydrogen-bond donors (Lipinski definition) is 1. The van der Waals surface area contributed by atoms with Crippen molar-refractivity contribution in [2.75, 3.05) is 19.8 Å². The third-order valence-corrected chi connectivity index (χ3v) is 6.45. The molecule has 3 aromatic carbocycles. The summed E-state index contributed by atoms with van der Waals surface area (Å²) in [6, 6.07) is 19.0. The third-order valence-electron chi connectivity index (χ3n) is 6.45. The summed E-state index contributed by atoms with van der Waals surface area (Å²) in [5, 5.41) is 2.05. The first-order valence-electron chi connectivity index (χ1n) is 10.5. The highest BCUT2D eigenvalue weighted by molar-refractivity contribution is 5.90. The van der Waals surface area contributed by atoms with E-state index in [1.54, 1.807) is 6.07 Å². The number of halogens is 3. The molecular formula is C25H25F3N2O2. The fourth-order valence-corrected chi connectivity index (χ4v) is 4.70. The zero-order valence-corrected chi connectivity index (χ0v) is 17.7. The fraction of sp³-hybridized carbons (Fsp3) is 0.320. The highest BCUT2D eigenvalue weighted by atomic mass is 19.4. The molecule has 168 valence electrons. The molecule has 3 aromatic rings. The van der Waals surface area contributed by atoms with Crippen LogP contribution in [0.2, 0.25) is 0 Å². The molecule has 1 amide bonds. The van der Waals surface area contributed by atoms with E-state index in [9.17, 15) is 18.0 Å². The van der Waals surface area contributed by atoms with Crippen LogP contribution in [-0.4, -0.2) is 36.1 Å². The Kier molecular flexibility index (Phi) is 5.97. The molecular weight excluding hydrogens is 417 g/mol. The maximum absolute atomic E-state index is 13.2. The number of nitrogens with zero attached hydrogens (tertiary/aromatic N) is 1. The molecule has 0 saturated carbocycles. The van der Waals surface area contributed by atoms with Gasteiger partial charge in [-0.25, -0.2) is 0 Å². The molecule has 2 atom stereocenters. The molecule has 1 saturated heterocycles. The quantitative estimate of drug-likeness (QED) is 0.622. The first-order chi connectivity index (χ1) is 15.2. The Morgan fingerprint density at radius 3 is 2.59 bits per heavy atom. The van der Waals surface area contributed by atoms with Crippen LogP contribution in [0, 0.1) is 0 Å². The lowest BCUT2D eigenvalue weighted by atomic mass is 9.76. The number of nitrogens with two attached hydrogens (primary N) is 1. The number of ether oxygens (including phenoxy) is 1. The molecule has 0 aromatic heterocycles. The summed E-state index contributed by atoms with van der Waals surface area (Å²) in [5.74, 6) is -0.901. The minimum atomic E-state index is -4.43. The van der Waals surface area contributed by atoms with Gasteiger partial charge in [-0.2, -0.15) is 13.2 Å². The lowest BCUT2D eigenvalue weighted by molar-refractivity contribution is -0.147. The smallest absolute Gasteiger partial charge is 0.378 e. The third kappa shape index (κ3) is 3.98. The summed E-state index contributed by atoms with van der Waals surface area (Å²) >= 11 is 0. The van der Waals surface area contributed by atoms with Gasteiger partial charge in [0.15, 0.2) is 0 Å². The minimum absolute atomic E-state index is 0.0751. The number of alkyl halides is 3. The zero-order valence-electron chi connectivity index (χ0n) is 17.7. The van der Waals surface area contributed by atoms with Crippen LogP contribution >= 0.6 is 0 Å². The highest BCUT2D eigenvalue weighted by Crippen LogP contribution is 2.39. The van der Waals surface area contributed by atoms with Crippen LogP contribution in [0.1, 0.15) is 29.5 Å². The summed E-state index contributed by atoms with van der Waals surface area (Å²) in [7, 11) is 0. The SMILES string of the molecule is C[C@H](c1cccc2ccccc12)C1(C(N)=O)COCCN1Cc1cccc(C(F)(F)F)c1. The van der Waals surface area contributed by atoms with Crippen LogP contribution < -0.4 is 5.73 Å². The Morgan fingerprint density at radius 2 is 1.84 bits per heavy atom. The molecule has 2 N–H and O–H groups in total. The normalized spacial score (nSPS) is 20.9. The fourth-order valence-electron chi connectivity index (χ4n) is 4.70. The van der Waals surface area contributed by atoms with Gasteiger partial charge in [0.25, 0.3) is 0 Å². The molecule has 1 heterocycles. The van der Waals surface area contributed by atoms with E-state index in [0.29, 0.717) is 18.7 Å². The number of primary amides is 1. The predicted molar refractivity (Wildman–Crippen MR) is 117 cm³/mol. The zero-order chi connectivity index (χ0) is 22.9. The van der Waals surface area contributed by atoms with Crippen molar-refractivity contribution in [3.05, 3.63) is 83.4 Å². The average molecular weight is 442 g/mol. The number of rotatable bonds is 5. The van der Waals surface area contributed by atoms with Crippen molar-refractivity contribution in [1.29, 1.82) is 0 Å². The van der Waals surface area contributed by atoms with Gasteiger partial charge in [-0.3, -0.25) is 9.69 Å². The maximum atomic E-state index is 13.2. The molecule has 0 bridgehead atoms. The minimum Gasteiger partial charge on any atom is -0.378 e. The van der Waals surface area contributed by atoms with Gasteiger partial charge < -0.3 is 10.5 Å². The van der Waals surface area contributed by atoms with Crippen molar-refractivity contribution >= 4 is 16.7 Å². The molecule has 1 aliphatic rings. The van der Waals surface area contributed by atoms with Crippen molar-refractivity contribution in [2.24, 2.45) is 5.73 Å². The number of fused-ring (bicyclic) bond motifs is 1. The lowest BCUT2D eigenvalue weighted by Crippen LogP contribution is -2.66. The van der Waals surface area contributed by atoms with Crippen LogP contribution in [0.25, 0.3) is 10.8 Å². The van der Waals surface area contributed by atoms with Gasteiger partial charge in [0, 0.05) is 19.0 Å². The van der Waals surface area contributed by atoms with Crippen molar-refractivity contribution < 1.29 is 22.7 Å². The highest BCUT2D eigenvalue weighted by Gasteiger charge is 2.50. The number of hydrogen-bond acceptors (Lipinski definition) is 3. The Hall–Kier alpha value is -2.90. The van der Waals surface area contributed by atoms with Gasteiger partial charge >= 0.3 is 6.18 Å². The number of carbonyl (C=O) groups excluding carboxylic acids is 1. The molecule has 4 nitrogen and oxygen atoms in total. The van der Waals surface area contributed by atoms with E-state index < -0.39 is 23.2 Å². The molecule has 1 aliphatic heterocycles. The van der Waals surface area contributed by atoms with Crippen molar-refractivity contribution in [1.82, 2.24) is 4.90 Å². The summed E-state index contributed by atoms with van der Waals surface area (Å²) < 4.78 is 45.4. The lowest BCUT2D eigenvalue weighted by Gasteiger charge is -2.48. The van der Waals surface area contributed by atoms with E-state index in [2.05, 4.69) is 0 Å². The average Bonchev–Trinajstić information content (AvgIpc) is 2.78. The molecule has 32 heavy (non-hydrogen) atoms. The predicted octanol–water partition coefficient (Wildman–Crippen LogP) is 4.72. The summed E-state index contributed by atoms with van der Waals surface area (Å²) in [6.07, 6.45) is -4.43. The van der Waals surface area contributed by atoms with Crippen LogP contribution in [-0.2, 0) is 22.3 Å². The van der Waals surface area contributed by atoms with Gasteiger partial charge in [-0.05, 0) is 28.0 Å². The standard InChI is InChI=1S/C25H25F3N2O2/c1-17(21-11-5-8-19-7-2-3-10-22(19)21)24(23(29)31)16-32-13-12-30(24)15-18-6-4-9-20(14-18)25(26,27)28/h2-11,14,17H,12-13,15-16H2,1H3,(H2,29,31)/t17-,24?/m1/s1. The first kappa shape index (κ1) is 22.3. The van der Waals surface area contributed by atoms with E-state index in [0.717, 1.165) is 28.5 Å². The van der Waals surface area contributed by atoms with E-state index in [-0.39, 0.29) is 19.1 Å². The van der Waals surface area contributed by atoms with Crippen LogP contribution in [0.3, 0.4) is 0 Å². The molecule has 7 heteroatoms. The van der Waals surface area contributed by atoms with Crippen LogP contribution in [0.5, 0.6) is 0 Å². The molecule has 0 spiro atoms. The van der Waals surface area contributed by atoms with Crippen LogP contribution in [0.15, 0.2) is 66.7 Å². The monoisotopic (exact) mass is 442 g/mol. The Labute approximate surface area is 184 Å². The molecule has 1 fully saturated rings. The number of carbonyl (C=O) groups is 1. The molecule has 0 aliphatic carbocycles. The van der Waals surface area contributed by atoms with E-state index >= 15 is 0 Å². The van der Waals surface area contributed by atoms with E-state index in [4.69, 9.17) is 10.5 Å². The van der Waals surface area contributed by atoms with Gasteiger partial charge in [-0.15, -0.1) is 0 Å².